The molecule has 0 saturated heterocycles. The Hall–Kier alpha value is -0.734. The quantitative estimate of drug-likeness (QED) is 0.549. The van der Waals surface area contributed by atoms with E-state index in [9.17, 15) is 19.5 Å². The molecule has 0 amide bonds. The van der Waals surface area contributed by atoms with Gasteiger partial charge in [0.25, 0.3) is 5.56 Å². The first kappa shape index (κ1) is 14.3. The van der Waals surface area contributed by atoms with Crippen LogP contribution in [-0.2, 0) is 11.3 Å². The molecule has 0 spiro atoms. The summed E-state index contributed by atoms with van der Waals surface area (Å²) < 4.78 is 0.595. The smallest absolute Gasteiger partial charge is 0.548 e. The summed E-state index contributed by atoms with van der Waals surface area (Å²) in [5.41, 5.74) is -1.01. The fraction of sp³-hybridized carbons (Fsp3) is 0.100. The standard InChI is InChI=1S/C10H8N2O4.K/c13-8(14)5-12-9(15)6-3-1-2-4-7(6)11-10(12)16;/h1-4H,5H2,(H,11,16)(H,13,14);/q;+1/p-1. The van der Waals surface area contributed by atoms with E-state index in [0.717, 1.165) is 0 Å². The molecule has 6 nitrogen and oxygen atoms in total. The number of carboxylic acids is 1. The number of benzene rings is 1. The van der Waals surface area contributed by atoms with Gasteiger partial charge in [0.1, 0.15) is 0 Å². The number of nitrogens with zero attached hydrogens (tertiary/aromatic N) is 1. The predicted molar refractivity (Wildman–Crippen MR) is 53.8 cm³/mol. The van der Waals surface area contributed by atoms with Gasteiger partial charge in [-0.15, -0.1) is 0 Å². The number of hydrogen-bond acceptors (Lipinski definition) is 4. The maximum atomic E-state index is 11.7. The Balaban J connectivity index is 0.00000144. The first-order chi connectivity index (χ1) is 7.59. The molecule has 0 saturated carbocycles. The Kier molecular flexibility index (Phi) is 4.84. The van der Waals surface area contributed by atoms with E-state index in [-0.39, 0.29) is 56.8 Å². The molecule has 82 valence electrons. The third kappa shape index (κ3) is 2.93. The maximum absolute atomic E-state index is 11.7. The van der Waals surface area contributed by atoms with Crippen LogP contribution in [0.15, 0.2) is 33.9 Å². The van der Waals surface area contributed by atoms with Gasteiger partial charge >= 0.3 is 57.1 Å². The minimum atomic E-state index is -1.48. The number of aromatic nitrogens is 2. The van der Waals surface area contributed by atoms with E-state index in [1.807, 2.05) is 0 Å². The minimum absolute atomic E-state index is 0. The van der Waals surface area contributed by atoms with Gasteiger partial charge in [-0.1, -0.05) is 12.1 Å². The molecule has 0 atom stereocenters. The SMILES string of the molecule is O=C([O-])Cn1c(=O)[nH]c2ccccc2c1=O.[K+]. The van der Waals surface area contributed by atoms with Crippen molar-refractivity contribution in [3.05, 3.63) is 45.1 Å². The van der Waals surface area contributed by atoms with Crippen molar-refractivity contribution >= 4 is 16.9 Å². The number of carboxylic acid groups (broad SMARTS) is 1. The van der Waals surface area contributed by atoms with E-state index < -0.39 is 23.8 Å². The summed E-state index contributed by atoms with van der Waals surface area (Å²) in [6.07, 6.45) is 0. The molecule has 0 radical (unpaired) electrons. The Morgan fingerprint density at radius 2 is 1.94 bits per heavy atom. The molecule has 2 rings (SSSR count). The number of aromatic amines is 1. The average Bonchev–Trinajstić information content (AvgIpc) is 2.24. The molecule has 1 aromatic heterocycles. The number of aliphatic carboxylic acids is 1. The molecule has 7 heteroatoms. The van der Waals surface area contributed by atoms with Gasteiger partial charge < -0.3 is 14.9 Å². The number of rotatable bonds is 2. The molecule has 0 aliphatic heterocycles. The Labute approximate surface area is 138 Å². The first-order valence-corrected chi connectivity index (χ1v) is 4.51. The fourth-order valence-corrected chi connectivity index (χ4v) is 1.47. The number of fused-ring (bicyclic) bond motifs is 1. The van der Waals surface area contributed by atoms with Crippen molar-refractivity contribution < 1.29 is 61.3 Å². The van der Waals surface area contributed by atoms with Gasteiger partial charge in [-0.2, -0.15) is 0 Å². The number of carbonyl (C=O) groups excluding carboxylic acids is 1. The van der Waals surface area contributed by atoms with Crippen molar-refractivity contribution in [2.45, 2.75) is 6.54 Å². The van der Waals surface area contributed by atoms with E-state index in [4.69, 9.17) is 0 Å². The third-order valence-electron chi connectivity index (χ3n) is 2.18. The second-order valence-corrected chi connectivity index (χ2v) is 3.24. The van der Waals surface area contributed by atoms with E-state index >= 15 is 0 Å². The van der Waals surface area contributed by atoms with Crippen LogP contribution in [0.5, 0.6) is 0 Å². The Morgan fingerprint density at radius 1 is 1.29 bits per heavy atom. The summed E-state index contributed by atoms with van der Waals surface area (Å²) in [6, 6.07) is 6.38. The van der Waals surface area contributed by atoms with Crippen molar-refractivity contribution in [1.29, 1.82) is 0 Å². The number of carbonyl (C=O) groups is 1. The van der Waals surface area contributed by atoms with E-state index in [1.54, 1.807) is 18.2 Å². The zero-order valence-corrected chi connectivity index (χ0v) is 12.2. The molecule has 17 heavy (non-hydrogen) atoms. The molecular weight excluding hydrogens is 251 g/mol. The maximum Gasteiger partial charge on any atom is 1.00 e. The van der Waals surface area contributed by atoms with Gasteiger partial charge in [-0.3, -0.25) is 9.36 Å². The molecule has 0 fully saturated rings. The van der Waals surface area contributed by atoms with Crippen molar-refractivity contribution in [3.63, 3.8) is 0 Å². The second-order valence-electron chi connectivity index (χ2n) is 3.24. The third-order valence-corrected chi connectivity index (χ3v) is 2.18. The summed E-state index contributed by atoms with van der Waals surface area (Å²) in [4.78, 5) is 35.9. The monoisotopic (exact) mass is 258 g/mol. The van der Waals surface area contributed by atoms with E-state index in [2.05, 4.69) is 4.98 Å². The molecule has 1 N–H and O–H groups in total. The van der Waals surface area contributed by atoms with Crippen molar-refractivity contribution in [3.8, 4) is 0 Å². The molecule has 0 aliphatic carbocycles. The van der Waals surface area contributed by atoms with Gasteiger partial charge in [0, 0.05) is 0 Å². The van der Waals surface area contributed by atoms with Gasteiger partial charge in [0.2, 0.25) is 0 Å². The van der Waals surface area contributed by atoms with Crippen LogP contribution >= 0.6 is 0 Å². The normalized spacial score (nSPS) is 9.88. The summed E-state index contributed by atoms with van der Waals surface area (Å²) in [7, 11) is 0. The number of hydrogen-bond donors (Lipinski definition) is 1. The van der Waals surface area contributed by atoms with E-state index in [0.29, 0.717) is 10.1 Å². The summed E-state index contributed by atoms with van der Waals surface area (Å²) in [6.45, 7) is -0.751. The van der Waals surface area contributed by atoms with Gasteiger partial charge in [-0.05, 0) is 12.1 Å². The number of nitrogens with one attached hydrogen (secondary N) is 1. The van der Waals surface area contributed by atoms with Crippen LogP contribution in [0.2, 0.25) is 0 Å². The minimum Gasteiger partial charge on any atom is -0.548 e. The molecule has 0 aliphatic rings. The van der Waals surface area contributed by atoms with Crippen molar-refractivity contribution in [1.82, 2.24) is 9.55 Å². The van der Waals surface area contributed by atoms with Crippen molar-refractivity contribution in [2.24, 2.45) is 0 Å². The zero-order valence-electron chi connectivity index (χ0n) is 9.10. The molecule has 0 bridgehead atoms. The van der Waals surface area contributed by atoms with Crippen LogP contribution in [0, 0.1) is 0 Å². The molecule has 2 aromatic rings. The van der Waals surface area contributed by atoms with Crippen LogP contribution in [-0.4, -0.2) is 15.5 Å². The number of para-hydroxylation sites is 1. The second kappa shape index (κ2) is 5.74. The molecular formula is C10H7KN2O4. The summed E-state index contributed by atoms with van der Waals surface area (Å²) in [5, 5.41) is 10.7. The first-order valence-electron chi connectivity index (χ1n) is 4.51. The average molecular weight is 258 g/mol. The van der Waals surface area contributed by atoms with Gasteiger partial charge in [0.15, 0.2) is 0 Å². The fourth-order valence-electron chi connectivity index (χ4n) is 1.47. The molecule has 1 heterocycles. The van der Waals surface area contributed by atoms with E-state index in [1.165, 1.54) is 6.07 Å². The van der Waals surface area contributed by atoms with Crippen LogP contribution in [0.4, 0.5) is 0 Å². The number of H-pyrrole nitrogens is 1. The predicted octanol–water partition coefficient (Wildman–Crippen LogP) is -4.56. The Morgan fingerprint density at radius 3 is 2.59 bits per heavy atom. The van der Waals surface area contributed by atoms with Gasteiger partial charge in [-0.25, -0.2) is 4.79 Å². The van der Waals surface area contributed by atoms with Gasteiger partial charge in [0.05, 0.1) is 23.4 Å². The topological polar surface area (TPSA) is 95.0 Å². The zero-order chi connectivity index (χ0) is 11.7. The molecule has 0 unspecified atom stereocenters. The largest absolute Gasteiger partial charge is 1.00 e. The van der Waals surface area contributed by atoms with Crippen LogP contribution in [0.3, 0.4) is 0 Å². The van der Waals surface area contributed by atoms with Crippen LogP contribution in [0.25, 0.3) is 10.9 Å². The van der Waals surface area contributed by atoms with Crippen LogP contribution < -0.4 is 67.7 Å². The van der Waals surface area contributed by atoms with Crippen LogP contribution in [0.1, 0.15) is 0 Å². The summed E-state index contributed by atoms with van der Waals surface area (Å²) in [5.74, 6) is -1.48. The summed E-state index contributed by atoms with van der Waals surface area (Å²) >= 11 is 0. The molecule has 1 aromatic carbocycles. The Bertz CT molecular complexity index is 674. The van der Waals surface area contributed by atoms with Crippen molar-refractivity contribution in [2.75, 3.05) is 0 Å².